The zero-order chi connectivity index (χ0) is 13.8. The van der Waals surface area contributed by atoms with Crippen molar-refractivity contribution in [1.82, 2.24) is 9.21 Å². The lowest BCUT2D eigenvalue weighted by molar-refractivity contribution is 0.0880. The maximum Gasteiger partial charge on any atom is 0.214 e. The number of rotatable bonds is 6. The van der Waals surface area contributed by atoms with Crippen molar-refractivity contribution in [1.29, 1.82) is 0 Å². The van der Waals surface area contributed by atoms with Crippen molar-refractivity contribution >= 4 is 10.0 Å². The molecule has 1 saturated heterocycles. The van der Waals surface area contributed by atoms with Crippen molar-refractivity contribution in [3.63, 3.8) is 0 Å². The molecule has 18 heavy (non-hydrogen) atoms. The smallest absolute Gasteiger partial charge is 0.214 e. The Bertz CT molecular complexity index is 331. The molecule has 1 unspecified atom stereocenters. The summed E-state index contributed by atoms with van der Waals surface area (Å²) in [7, 11) is -3.10. The summed E-state index contributed by atoms with van der Waals surface area (Å²) in [6, 6.07) is 0.167. The minimum absolute atomic E-state index is 0.148. The van der Waals surface area contributed by atoms with E-state index in [0.717, 1.165) is 19.5 Å². The second-order valence-corrected chi connectivity index (χ2v) is 7.37. The van der Waals surface area contributed by atoms with E-state index in [9.17, 15) is 13.5 Å². The lowest BCUT2D eigenvalue weighted by Crippen LogP contribution is -2.53. The molecule has 6 heteroatoms. The first-order valence-corrected chi connectivity index (χ1v) is 8.34. The van der Waals surface area contributed by atoms with Gasteiger partial charge in [0, 0.05) is 32.2 Å². The molecule has 5 nitrogen and oxygen atoms in total. The standard InChI is InChI=1S/C12H26N2O3S/c1-4-12(9-15)13-5-7-14(8-6-13)18(16,17)10-11(2)3/h11-12,15H,4-10H2,1-3H3. The molecule has 1 N–H and O–H groups in total. The summed E-state index contributed by atoms with van der Waals surface area (Å²) >= 11 is 0. The van der Waals surface area contributed by atoms with Gasteiger partial charge in [0.05, 0.1) is 12.4 Å². The number of hydrogen-bond acceptors (Lipinski definition) is 4. The first kappa shape index (κ1) is 15.9. The zero-order valence-electron chi connectivity index (χ0n) is 11.7. The van der Waals surface area contributed by atoms with Crippen LogP contribution in [0, 0.1) is 5.92 Å². The highest BCUT2D eigenvalue weighted by Gasteiger charge is 2.29. The lowest BCUT2D eigenvalue weighted by Gasteiger charge is -2.38. The molecule has 0 radical (unpaired) electrons. The maximum absolute atomic E-state index is 12.1. The largest absolute Gasteiger partial charge is 0.395 e. The predicted molar refractivity (Wildman–Crippen MR) is 72.9 cm³/mol. The van der Waals surface area contributed by atoms with E-state index in [2.05, 4.69) is 4.90 Å². The third kappa shape index (κ3) is 4.19. The summed E-state index contributed by atoms with van der Waals surface area (Å²) in [5, 5.41) is 9.25. The van der Waals surface area contributed by atoms with Gasteiger partial charge in [-0.3, -0.25) is 4.90 Å². The van der Waals surface area contributed by atoms with Crippen LogP contribution in [0.3, 0.4) is 0 Å². The first-order valence-electron chi connectivity index (χ1n) is 6.73. The van der Waals surface area contributed by atoms with E-state index >= 15 is 0 Å². The molecule has 0 aliphatic carbocycles. The molecule has 0 aromatic carbocycles. The van der Waals surface area contributed by atoms with Crippen molar-refractivity contribution in [3.8, 4) is 0 Å². The minimum Gasteiger partial charge on any atom is -0.395 e. The zero-order valence-corrected chi connectivity index (χ0v) is 12.5. The highest BCUT2D eigenvalue weighted by molar-refractivity contribution is 7.89. The Labute approximate surface area is 111 Å². The summed E-state index contributed by atoms with van der Waals surface area (Å²) in [4.78, 5) is 2.18. The molecule has 0 aromatic heterocycles. The van der Waals surface area contributed by atoms with E-state index < -0.39 is 10.0 Å². The van der Waals surface area contributed by atoms with E-state index in [1.165, 1.54) is 0 Å². The molecule has 1 heterocycles. The Balaban J connectivity index is 2.53. The fourth-order valence-corrected chi connectivity index (χ4v) is 4.15. The normalized spacial score (nSPS) is 21.4. The van der Waals surface area contributed by atoms with Gasteiger partial charge in [0.15, 0.2) is 0 Å². The van der Waals surface area contributed by atoms with Crippen molar-refractivity contribution in [2.75, 3.05) is 38.5 Å². The number of sulfonamides is 1. The van der Waals surface area contributed by atoms with E-state index in [4.69, 9.17) is 0 Å². The van der Waals surface area contributed by atoms with Gasteiger partial charge in [-0.05, 0) is 12.3 Å². The van der Waals surface area contributed by atoms with Gasteiger partial charge in [-0.25, -0.2) is 8.42 Å². The molecule has 0 saturated carbocycles. The highest BCUT2D eigenvalue weighted by atomic mass is 32.2. The van der Waals surface area contributed by atoms with Crippen molar-refractivity contribution in [2.24, 2.45) is 5.92 Å². The number of aliphatic hydroxyl groups excluding tert-OH is 1. The lowest BCUT2D eigenvalue weighted by atomic mass is 10.2. The third-order valence-corrected chi connectivity index (χ3v) is 5.65. The van der Waals surface area contributed by atoms with E-state index in [0.29, 0.717) is 13.1 Å². The summed E-state index contributed by atoms with van der Waals surface area (Å²) in [6.45, 7) is 8.57. The van der Waals surface area contributed by atoms with Gasteiger partial charge in [-0.2, -0.15) is 4.31 Å². The average molecular weight is 278 g/mol. The molecule has 1 aliphatic heterocycles. The molecule has 0 aromatic rings. The molecule has 1 atom stereocenters. The molecule has 0 bridgehead atoms. The Morgan fingerprint density at radius 3 is 2.11 bits per heavy atom. The minimum atomic E-state index is -3.10. The fraction of sp³-hybridized carbons (Fsp3) is 1.00. The van der Waals surface area contributed by atoms with Crippen LogP contribution < -0.4 is 0 Å². The van der Waals surface area contributed by atoms with Crippen LogP contribution in [0.2, 0.25) is 0 Å². The molecule has 0 spiro atoms. The van der Waals surface area contributed by atoms with Crippen LogP contribution in [0.5, 0.6) is 0 Å². The molecule has 108 valence electrons. The summed E-state index contributed by atoms with van der Waals surface area (Å²) in [5.74, 6) is 0.387. The second-order valence-electron chi connectivity index (χ2n) is 5.35. The van der Waals surface area contributed by atoms with Gasteiger partial charge in [0.2, 0.25) is 10.0 Å². The molecular formula is C12H26N2O3S. The average Bonchev–Trinajstić information content (AvgIpc) is 2.29. The van der Waals surface area contributed by atoms with E-state index in [1.807, 2.05) is 20.8 Å². The number of nitrogens with zero attached hydrogens (tertiary/aromatic N) is 2. The van der Waals surface area contributed by atoms with Crippen LogP contribution in [0.1, 0.15) is 27.2 Å². The summed E-state index contributed by atoms with van der Waals surface area (Å²) in [6.07, 6.45) is 0.898. The van der Waals surface area contributed by atoms with Crippen LogP contribution >= 0.6 is 0 Å². The monoisotopic (exact) mass is 278 g/mol. The SMILES string of the molecule is CCC(CO)N1CCN(S(=O)(=O)CC(C)C)CC1. The van der Waals surface area contributed by atoms with Gasteiger partial charge in [-0.1, -0.05) is 20.8 Å². The molecule has 1 rings (SSSR count). The van der Waals surface area contributed by atoms with E-state index in [-0.39, 0.29) is 24.3 Å². The Morgan fingerprint density at radius 1 is 1.17 bits per heavy atom. The Hall–Kier alpha value is -0.170. The molecule has 1 fully saturated rings. The quantitative estimate of drug-likeness (QED) is 0.762. The second kappa shape index (κ2) is 6.84. The molecule has 1 aliphatic rings. The van der Waals surface area contributed by atoms with Crippen LogP contribution in [-0.4, -0.2) is 67.3 Å². The Kier molecular flexibility index (Phi) is 6.04. The van der Waals surface area contributed by atoms with Crippen molar-refractivity contribution in [3.05, 3.63) is 0 Å². The molecule has 0 amide bonds. The highest BCUT2D eigenvalue weighted by Crippen LogP contribution is 2.14. The summed E-state index contributed by atoms with van der Waals surface area (Å²) < 4.78 is 25.7. The van der Waals surface area contributed by atoms with Crippen LogP contribution in [-0.2, 0) is 10.0 Å². The van der Waals surface area contributed by atoms with Crippen molar-refractivity contribution in [2.45, 2.75) is 33.2 Å². The summed E-state index contributed by atoms with van der Waals surface area (Å²) in [5.41, 5.74) is 0. The number of piperazine rings is 1. The maximum atomic E-state index is 12.1. The fourth-order valence-electron chi connectivity index (χ4n) is 2.38. The third-order valence-electron chi connectivity index (χ3n) is 3.41. The number of hydrogen-bond donors (Lipinski definition) is 1. The topological polar surface area (TPSA) is 60.9 Å². The predicted octanol–water partition coefficient (Wildman–Crippen LogP) is 0.361. The van der Waals surface area contributed by atoms with Gasteiger partial charge in [-0.15, -0.1) is 0 Å². The van der Waals surface area contributed by atoms with Crippen LogP contribution in [0.15, 0.2) is 0 Å². The van der Waals surface area contributed by atoms with E-state index in [1.54, 1.807) is 4.31 Å². The number of aliphatic hydroxyl groups is 1. The molecular weight excluding hydrogens is 252 g/mol. The first-order chi connectivity index (χ1) is 8.40. The van der Waals surface area contributed by atoms with Gasteiger partial charge in [0.1, 0.15) is 0 Å². The van der Waals surface area contributed by atoms with Gasteiger partial charge in [0.25, 0.3) is 0 Å². The van der Waals surface area contributed by atoms with Gasteiger partial charge < -0.3 is 5.11 Å². The Morgan fingerprint density at radius 2 is 1.72 bits per heavy atom. The van der Waals surface area contributed by atoms with Crippen LogP contribution in [0.4, 0.5) is 0 Å². The van der Waals surface area contributed by atoms with Crippen LogP contribution in [0.25, 0.3) is 0 Å². The van der Waals surface area contributed by atoms with Crippen molar-refractivity contribution < 1.29 is 13.5 Å². The van der Waals surface area contributed by atoms with Gasteiger partial charge >= 0.3 is 0 Å².